The lowest BCUT2D eigenvalue weighted by Gasteiger charge is -2.09. The zero-order chi connectivity index (χ0) is 12.1. The molecule has 1 saturated heterocycles. The fourth-order valence-electron chi connectivity index (χ4n) is 1.27. The third-order valence-corrected chi connectivity index (χ3v) is 3.54. The topological polar surface area (TPSA) is 78.9 Å². The van der Waals surface area contributed by atoms with Crippen LogP contribution in [0.15, 0.2) is 12.0 Å². The lowest BCUT2D eigenvalue weighted by molar-refractivity contribution is -0.187. The van der Waals surface area contributed by atoms with Gasteiger partial charge in [0.05, 0.1) is 10.9 Å². The van der Waals surface area contributed by atoms with Crippen LogP contribution in [-0.4, -0.2) is 47.1 Å². The van der Waals surface area contributed by atoms with E-state index in [1.807, 2.05) is 0 Å². The molecular formula is C9H14N2O4S. The second kappa shape index (κ2) is 5.76. The van der Waals surface area contributed by atoms with Crippen LogP contribution in [0.5, 0.6) is 0 Å². The Hall–Kier alpha value is -1.21. The van der Waals surface area contributed by atoms with Gasteiger partial charge in [-0.3, -0.25) is 14.5 Å². The molecular weight excluding hydrogens is 232 g/mol. The van der Waals surface area contributed by atoms with Crippen molar-refractivity contribution in [3.63, 3.8) is 0 Å². The molecule has 0 spiro atoms. The molecule has 1 aliphatic heterocycles. The maximum atomic E-state index is 11.5. The number of amides is 2. The van der Waals surface area contributed by atoms with E-state index in [-0.39, 0.29) is 23.5 Å². The Kier molecular flexibility index (Phi) is 4.63. The number of hydrogen-bond donors (Lipinski definition) is 2. The van der Waals surface area contributed by atoms with Gasteiger partial charge in [0.15, 0.2) is 0 Å². The van der Waals surface area contributed by atoms with Crippen molar-refractivity contribution in [3.8, 4) is 0 Å². The van der Waals surface area contributed by atoms with Crippen LogP contribution in [0.1, 0.15) is 6.42 Å². The van der Waals surface area contributed by atoms with E-state index >= 15 is 0 Å². The summed E-state index contributed by atoms with van der Waals surface area (Å²) in [6.45, 7) is 0. The highest BCUT2D eigenvalue weighted by molar-refractivity contribution is 8.00. The molecule has 0 bridgehead atoms. The van der Waals surface area contributed by atoms with Crippen molar-refractivity contribution in [2.75, 3.05) is 19.8 Å². The third-order valence-electron chi connectivity index (χ3n) is 2.30. The number of imide groups is 1. The summed E-state index contributed by atoms with van der Waals surface area (Å²) in [5.74, 6) is 0.139. The largest absolute Gasteiger partial charge is 0.388 e. The maximum Gasteiger partial charge on any atom is 0.242 e. The van der Waals surface area contributed by atoms with E-state index in [2.05, 4.69) is 10.2 Å². The van der Waals surface area contributed by atoms with Crippen molar-refractivity contribution >= 4 is 23.6 Å². The minimum atomic E-state index is -0.340. The number of hydrogen-bond acceptors (Lipinski definition) is 6. The molecule has 7 heteroatoms. The number of carbonyl (C=O) groups excluding carboxylic acids is 2. The molecule has 1 rings (SSSR count). The number of likely N-dealkylation sites (tertiary alicyclic amines) is 1. The average Bonchev–Trinajstić information content (AvgIpc) is 2.52. The van der Waals surface area contributed by atoms with Crippen LogP contribution >= 0.6 is 11.8 Å². The summed E-state index contributed by atoms with van der Waals surface area (Å²) in [5, 5.41) is 10.7. The van der Waals surface area contributed by atoms with Crippen molar-refractivity contribution in [1.29, 1.82) is 0 Å². The van der Waals surface area contributed by atoms with Crippen molar-refractivity contribution < 1.29 is 19.7 Å². The summed E-state index contributed by atoms with van der Waals surface area (Å²) >= 11 is 1.34. The molecule has 1 aliphatic rings. The van der Waals surface area contributed by atoms with Gasteiger partial charge in [0, 0.05) is 26.3 Å². The van der Waals surface area contributed by atoms with Crippen LogP contribution in [-0.2, 0) is 14.5 Å². The van der Waals surface area contributed by atoms with Gasteiger partial charge in [0.1, 0.15) is 6.26 Å². The predicted octanol–water partition coefficient (Wildman–Crippen LogP) is 0.0273. The van der Waals surface area contributed by atoms with Gasteiger partial charge in [0.2, 0.25) is 11.8 Å². The molecule has 1 heterocycles. The standard InChI is InChI=1S/C9H14N2O4S/c1-10-6(4-15-14)5-16-7-3-8(12)11(2)9(7)13/h4,7,10,14H,3,5H2,1-2H3/b6-4-. The highest BCUT2D eigenvalue weighted by Crippen LogP contribution is 2.25. The van der Waals surface area contributed by atoms with Crippen molar-refractivity contribution in [1.82, 2.24) is 10.2 Å². The van der Waals surface area contributed by atoms with Gasteiger partial charge >= 0.3 is 0 Å². The second-order valence-electron chi connectivity index (χ2n) is 3.29. The summed E-state index contributed by atoms with van der Waals surface area (Å²) < 4.78 is 0. The summed E-state index contributed by atoms with van der Waals surface area (Å²) in [4.78, 5) is 27.8. The molecule has 1 atom stereocenters. The highest BCUT2D eigenvalue weighted by Gasteiger charge is 2.36. The van der Waals surface area contributed by atoms with E-state index in [4.69, 9.17) is 5.26 Å². The maximum absolute atomic E-state index is 11.5. The lowest BCUT2D eigenvalue weighted by Crippen LogP contribution is -2.27. The van der Waals surface area contributed by atoms with Crippen molar-refractivity contribution in [2.24, 2.45) is 0 Å². The lowest BCUT2D eigenvalue weighted by atomic mass is 10.4. The van der Waals surface area contributed by atoms with Crippen LogP contribution in [0.25, 0.3) is 0 Å². The molecule has 90 valence electrons. The molecule has 6 nitrogen and oxygen atoms in total. The van der Waals surface area contributed by atoms with Gasteiger partial charge in [-0.1, -0.05) is 0 Å². The Morgan fingerprint density at radius 2 is 2.44 bits per heavy atom. The molecule has 0 saturated carbocycles. The predicted molar refractivity (Wildman–Crippen MR) is 59.5 cm³/mol. The Morgan fingerprint density at radius 1 is 1.75 bits per heavy atom. The van der Waals surface area contributed by atoms with Crippen molar-refractivity contribution in [3.05, 3.63) is 12.0 Å². The van der Waals surface area contributed by atoms with E-state index in [0.717, 1.165) is 11.2 Å². The monoisotopic (exact) mass is 246 g/mol. The Morgan fingerprint density at radius 3 is 2.88 bits per heavy atom. The SMILES string of the molecule is CN/C(=C\OO)CSC1CC(=O)N(C)C1=O. The molecule has 1 fully saturated rings. The Bertz CT molecular complexity index is 319. The van der Waals surface area contributed by atoms with Crippen LogP contribution in [0.2, 0.25) is 0 Å². The van der Waals surface area contributed by atoms with Crippen LogP contribution in [0, 0.1) is 0 Å². The van der Waals surface area contributed by atoms with Gasteiger partial charge < -0.3 is 10.2 Å². The first-order valence-electron chi connectivity index (χ1n) is 4.69. The molecule has 0 radical (unpaired) electrons. The first-order valence-corrected chi connectivity index (χ1v) is 5.74. The van der Waals surface area contributed by atoms with E-state index in [1.165, 1.54) is 18.8 Å². The van der Waals surface area contributed by atoms with E-state index in [0.29, 0.717) is 11.4 Å². The van der Waals surface area contributed by atoms with E-state index in [1.54, 1.807) is 7.05 Å². The fraction of sp³-hybridized carbons (Fsp3) is 0.556. The van der Waals surface area contributed by atoms with Crippen molar-refractivity contribution in [2.45, 2.75) is 11.7 Å². The quantitative estimate of drug-likeness (QED) is 0.308. The molecule has 2 N–H and O–H groups in total. The van der Waals surface area contributed by atoms with Gasteiger partial charge in [-0.15, -0.1) is 11.8 Å². The van der Waals surface area contributed by atoms with E-state index < -0.39 is 0 Å². The van der Waals surface area contributed by atoms with Crippen LogP contribution < -0.4 is 5.32 Å². The molecule has 0 aromatic carbocycles. The summed E-state index contributed by atoms with van der Waals surface area (Å²) in [5.41, 5.74) is 0.641. The minimum absolute atomic E-state index is 0.157. The molecule has 0 aliphatic carbocycles. The number of nitrogens with zero attached hydrogens (tertiary/aromatic N) is 1. The number of thioether (sulfide) groups is 1. The molecule has 16 heavy (non-hydrogen) atoms. The summed E-state index contributed by atoms with van der Waals surface area (Å²) in [6, 6.07) is 0. The molecule has 0 aromatic rings. The summed E-state index contributed by atoms with van der Waals surface area (Å²) in [7, 11) is 3.16. The second-order valence-corrected chi connectivity index (χ2v) is 4.48. The molecule has 0 aromatic heterocycles. The zero-order valence-corrected chi connectivity index (χ0v) is 9.91. The van der Waals surface area contributed by atoms with E-state index in [9.17, 15) is 9.59 Å². The van der Waals surface area contributed by atoms with Crippen LogP contribution in [0.4, 0.5) is 0 Å². The molecule has 2 amide bonds. The number of nitrogens with one attached hydrogen (secondary N) is 1. The highest BCUT2D eigenvalue weighted by atomic mass is 32.2. The average molecular weight is 246 g/mol. The normalized spacial score (nSPS) is 21.6. The number of rotatable bonds is 5. The zero-order valence-electron chi connectivity index (χ0n) is 9.10. The Balaban J connectivity index is 2.47. The van der Waals surface area contributed by atoms with Gasteiger partial charge in [0.25, 0.3) is 0 Å². The number of carbonyl (C=O) groups is 2. The first kappa shape index (κ1) is 12.9. The third kappa shape index (κ3) is 2.89. The molecule has 1 unspecified atom stereocenters. The van der Waals surface area contributed by atoms with Gasteiger partial charge in [-0.05, 0) is 0 Å². The van der Waals surface area contributed by atoms with Crippen LogP contribution in [0.3, 0.4) is 0 Å². The Labute approximate surface area is 97.6 Å². The summed E-state index contributed by atoms with van der Waals surface area (Å²) in [6.07, 6.45) is 1.38. The first-order chi connectivity index (χ1) is 7.60. The smallest absolute Gasteiger partial charge is 0.242 e. The minimum Gasteiger partial charge on any atom is -0.388 e. The van der Waals surface area contributed by atoms with Gasteiger partial charge in [-0.25, -0.2) is 5.26 Å². The van der Waals surface area contributed by atoms with Gasteiger partial charge in [-0.2, -0.15) is 0 Å². The fourth-order valence-corrected chi connectivity index (χ4v) is 2.43.